The average Bonchev–Trinajstić information content (AvgIpc) is 3.22. The molecule has 1 saturated heterocycles. The number of halogens is 1. The Bertz CT molecular complexity index is 1080. The van der Waals surface area contributed by atoms with Crippen LogP contribution in [-0.4, -0.2) is 52.3 Å². The van der Waals surface area contributed by atoms with E-state index in [1.54, 1.807) is 6.92 Å². The summed E-state index contributed by atoms with van der Waals surface area (Å²) >= 11 is 0. The molecular weight excluding hydrogens is 427 g/mol. The number of nitrogens with zero attached hydrogens (tertiary/aromatic N) is 4. The fourth-order valence-electron chi connectivity index (χ4n) is 3.99. The lowest BCUT2D eigenvalue weighted by Gasteiger charge is -2.43. The molecule has 3 rings (SSSR count). The van der Waals surface area contributed by atoms with Gasteiger partial charge in [0.25, 0.3) is 0 Å². The molecule has 1 amide bonds. The van der Waals surface area contributed by atoms with Gasteiger partial charge in [0.1, 0.15) is 17.9 Å². The van der Waals surface area contributed by atoms with Crippen molar-refractivity contribution < 1.29 is 19.0 Å². The predicted octanol–water partition coefficient (Wildman–Crippen LogP) is 2.24. The van der Waals surface area contributed by atoms with Gasteiger partial charge in [-0.1, -0.05) is 18.1 Å². The number of alkyl halides is 1. The number of methoxy groups -OCH3 is 1. The summed E-state index contributed by atoms with van der Waals surface area (Å²) in [6.45, 7) is 2.96. The van der Waals surface area contributed by atoms with E-state index >= 15 is 4.39 Å². The predicted molar refractivity (Wildman–Crippen MR) is 119 cm³/mol. The monoisotopic (exact) mass is 454 g/mol. The van der Waals surface area contributed by atoms with Crippen LogP contribution in [-0.2, 0) is 16.8 Å². The van der Waals surface area contributed by atoms with Crippen molar-refractivity contribution >= 4 is 11.9 Å². The summed E-state index contributed by atoms with van der Waals surface area (Å²) in [5.74, 6) is 5.81. The number of aliphatic hydroxyl groups is 1. The van der Waals surface area contributed by atoms with Crippen molar-refractivity contribution in [1.29, 1.82) is 5.26 Å². The smallest absolute Gasteiger partial charge is 0.412 e. The molecule has 3 atom stereocenters. The van der Waals surface area contributed by atoms with Crippen molar-refractivity contribution in [1.82, 2.24) is 14.7 Å². The maximum atomic E-state index is 15.7. The molecule has 2 heterocycles. The fourth-order valence-corrected chi connectivity index (χ4v) is 3.99. The molecule has 0 aliphatic carbocycles. The number of aliphatic hydroxyl groups excluding tert-OH is 1. The third-order valence-corrected chi connectivity index (χ3v) is 5.80. The molecule has 0 saturated carbocycles. The third-order valence-electron chi connectivity index (χ3n) is 5.80. The van der Waals surface area contributed by atoms with Crippen LogP contribution in [0.2, 0.25) is 0 Å². The Balaban J connectivity index is 1.82. The van der Waals surface area contributed by atoms with Crippen LogP contribution >= 0.6 is 0 Å². The van der Waals surface area contributed by atoms with E-state index in [9.17, 15) is 15.2 Å². The molecule has 9 nitrogen and oxygen atoms in total. The Morgan fingerprint density at radius 3 is 2.79 bits per heavy atom. The molecule has 33 heavy (non-hydrogen) atoms. The van der Waals surface area contributed by atoms with Crippen LogP contribution in [0, 0.1) is 23.2 Å². The van der Waals surface area contributed by atoms with Gasteiger partial charge in [0, 0.05) is 31.4 Å². The number of likely N-dealkylation sites (tertiary alicyclic amines) is 1. The van der Waals surface area contributed by atoms with Crippen LogP contribution in [0.25, 0.3) is 0 Å². The van der Waals surface area contributed by atoms with Gasteiger partial charge in [-0.3, -0.25) is 14.9 Å². The topological polar surface area (TPSA) is 129 Å². The lowest BCUT2D eigenvalue weighted by molar-refractivity contribution is 0.00680. The number of carbonyl (C=O) groups is 1. The number of carbonyl (C=O) groups excluding carboxylic acids is 1. The van der Waals surface area contributed by atoms with Gasteiger partial charge in [-0.2, -0.15) is 10.4 Å². The molecule has 1 fully saturated rings. The molecule has 0 spiro atoms. The maximum Gasteiger partial charge on any atom is 0.412 e. The minimum atomic E-state index is -1.46. The summed E-state index contributed by atoms with van der Waals surface area (Å²) in [5.41, 5.74) is 6.40. The van der Waals surface area contributed by atoms with E-state index in [0.29, 0.717) is 19.5 Å². The van der Waals surface area contributed by atoms with Crippen molar-refractivity contribution in [2.45, 2.75) is 44.2 Å². The molecule has 174 valence electrons. The van der Waals surface area contributed by atoms with Gasteiger partial charge in [0.15, 0.2) is 5.82 Å². The number of hydrogen-bond donors (Lipinski definition) is 3. The zero-order chi connectivity index (χ0) is 24.0. The van der Waals surface area contributed by atoms with Crippen LogP contribution in [0.15, 0.2) is 30.5 Å². The number of anilines is 1. The number of rotatable bonds is 6. The van der Waals surface area contributed by atoms with Crippen molar-refractivity contribution in [3.05, 3.63) is 47.2 Å². The van der Waals surface area contributed by atoms with Crippen molar-refractivity contribution in [3.8, 4) is 17.9 Å². The first-order chi connectivity index (χ1) is 15.8. The summed E-state index contributed by atoms with van der Waals surface area (Å²) in [6, 6.07) is 9.87. The molecule has 1 aliphatic heterocycles. The molecular formula is C23H27FN6O3. The summed E-state index contributed by atoms with van der Waals surface area (Å²) in [5, 5.41) is 26.0. The first kappa shape index (κ1) is 24.2. The number of piperidine rings is 1. The molecule has 3 unspecified atom stereocenters. The van der Waals surface area contributed by atoms with Gasteiger partial charge in [-0.05, 0) is 31.0 Å². The van der Waals surface area contributed by atoms with Gasteiger partial charge in [-0.25, -0.2) is 9.18 Å². The largest absolute Gasteiger partial charge is 0.453 e. The number of nitriles is 1. The van der Waals surface area contributed by atoms with E-state index in [4.69, 9.17) is 5.73 Å². The van der Waals surface area contributed by atoms with E-state index in [1.807, 2.05) is 29.2 Å². The number of aromatic nitrogens is 2. The van der Waals surface area contributed by atoms with E-state index < -0.39 is 24.0 Å². The number of amides is 1. The first-order valence-corrected chi connectivity index (χ1v) is 10.5. The van der Waals surface area contributed by atoms with Crippen LogP contribution in [0.3, 0.4) is 0 Å². The summed E-state index contributed by atoms with van der Waals surface area (Å²) in [6.07, 6.45) is -2.14. The number of ether oxygens (including phenoxy) is 1. The lowest BCUT2D eigenvalue weighted by atomic mass is 9.83. The van der Waals surface area contributed by atoms with Crippen molar-refractivity contribution in [3.63, 3.8) is 0 Å². The van der Waals surface area contributed by atoms with E-state index in [0.717, 1.165) is 11.1 Å². The highest BCUT2D eigenvalue weighted by Crippen LogP contribution is 2.37. The SMILES string of the molecule is CC#Cc1ccc(CN2CCC(CC#N)(n3cc(C(N)O)c(NC(=O)OC)n3)C(F)C2)cc1. The summed E-state index contributed by atoms with van der Waals surface area (Å²) < 4.78 is 21.6. The lowest BCUT2D eigenvalue weighted by Crippen LogP contribution is -2.54. The van der Waals surface area contributed by atoms with Crippen LogP contribution in [0.4, 0.5) is 15.0 Å². The quantitative estimate of drug-likeness (QED) is 0.451. The van der Waals surface area contributed by atoms with Gasteiger partial charge >= 0.3 is 6.09 Å². The second kappa shape index (κ2) is 10.5. The minimum absolute atomic E-state index is 0.0425. The summed E-state index contributed by atoms with van der Waals surface area (Å²) in [7, 11) is 1.18. The molecule has 1 aromatic heterocycles. The summed E-state index contributed by atoms with van der Waals surface area (Å²) in [4.78, 5) is 13.6. The van der Waals surface area contributed by atoms with Gasteiger partial charge in [0.2, 0.25) is 0 Å². The molecule has 0 bridgehead atoms. The number of hydrogen-bond acceptors (Lipinski definition) is 7. The molecule has 1 aliphatic rings. The maximum absolute atomic E-state index is 15.7. The van der Waals surface area contributed by atoms with E-state index in [-0.39, 0.29) is 24.3 Å². The Hall–Kier alpha value is -3.44. The van der Waals surface area contributed by atoms with E-state index in [2.05, 4.69) is 33.1 Å². The molecule has 10 heteroatoms. The average molecular weight is 455 g/mol. The van der Waals surface area contributed by atoms with Crippen molar-refractivity contribution in [2.75, 3.05) is 25.5 Å². The highest BCUT2D eigenvalue weighted by molar-refractivity contribution is 5.84. The van der Waals surface area contributed by atoms with Gasteiger partial charge in [0.05, 0.1) is 25.2 Å². The number of nitrogens with one attached hydrogen (secondary N) is 1. The van der Waals surface area contributed by atoms with Crippen LogP contribution in [0.5, 0.6) is 0 Å². The molecule has 1 aromatic carbocycles. The van der Waals surface area contributed by atoms with Gasteiger partial charge in [-0.15, -0.1) is 5.92 Å². The Morgan fingerprint density at radius 2 is 2.21 bits per heavy atom. The van der Waals surface area contributed by atoms with E-state index in [1.165, 1.54) is 18.0 Å². The standard InChI is InChI=1S/C23H27FN6O3/c1-3-4-16-5-7-17(8-6-16)13-29-12-10-23(9-11-25,19(24)15-29)30-14-18(20(26)31)21(28-30)27-22(32)33-2/h5-8,14,19-20,31H,9-10,12-13,15,26H2,1-2H3,(H,27,28,32). The van der Waals surface area contributed by atoms with Gasteiger partial charge < -0.3 is 15.6 Å². The molecule has 2 aromatic rings. The second-order valence-electron chi connectivity index (χ2n) is 7.90. The minimum Gasteiger partial charge on any atom is -0.453 e. The second-order valence-corrected chi connectivity index (χ2v) is 7.90. The first-order valence-electron chi connectivity index (χ1n) is 10.5. The zero-order valence-corrected chi connectivity index (χ0v) is 18.6. The Labute approximate surface area is 191 Å². The number of nitrogens with two attached hydrogens (primary N) is 1. The highest BCUT2D eigenvalue weighted by Gasteiger charge is 2.46. The number of benzene rings is 1. The zero-order valence-electron chi connectivity index (χ0n) is 18.6. The fraction of sp³-hybridized carbons (Fsp3) is 0.435. The molecule has 4 N–H and O–H groups in total. The molecule has 0 radical (unpaired) electrons. The normalized spacial score (nSPS) is 21.4. The van der Waals surface area contributed by atoms with Crippen LogP contribution in [0.1, 0.15) is 42.7 Å². The third kappa shape index (κ3) is 5.32. The van der Waals surface area contributed by atoms with Crippen molar-refractivity contribution in [2.24, 2.45) is 5.73 Å². The van der Waals surface area contributed by atoms with Crippen LogP contribution < -0.4 is 11.1 Å². The highest BCUT2D eigenvalue weighted by atomic mass is 19.1. The Kier molecular flexibility index (Phi) is 7.67. The Morgan fingerprint density at radius 1 is 1.48 bits per heavy atom.